The zero-order valence-electron chi connectivity index (χ0n) is 21.8. The Balaban J connectivity index is 1.63. The van der Waals surface area contributed by atoms with E-state index < -0.39 is 16.1 Å². The number of nitrogens with one attached hydrogen (secondary N) is 1. The van der Waals surface area contributed by atoms with Gasteiger partial charge in [-0.25, -0.2) is 8.42 Å². The van der Waals surface area contributed by atoms with E-state index in [-0.39, 0.29) is 40.7 Å². The molecule has 0 saturated heterocycles. The lowest BCUT2D eigenvalue weighted by atomic mass is 9.99. The summed E-state index contributed by atoms with van der Waals surface area (Å²) in [6.45, 7) is 5.32. The number of nitrogens with zero attached hydrogens (tertiary/aromatic N) is 3. The molecule has 1 aliphatic rings. The molecule has 1 aromatic heterocycles. The highest BCUT2D eigenvalue weighted by Gasteiger charge is 2.33. The number of hydrogen-bond donors (Lipinski definition) is 2. The number of sulfonamides is 1. The SMILES string of the molecule is C[C@@H]1CN([C@@H](C)CO)C(=O)c2cc(NS(=O)(=O)c3ccccc3)ccc2O[C@H]1CN(C)Cc1ccncc1. The second-order valence-corrected chi connectivity index (χ2v) is 11.5. The number of rotatable bonds is 9. The lowest BCUT2D eigenvalue weighted by Crippen LogP contribution is -2.49. The summed E-state index contributed by atoms with van der Waals surface area (Å²) >= 11 is 0. The smallest absolute Gasteiger partial charge is 0.261 e. The molecule has 38 heavy (non-hydrogen) atoms. The molecule has 4 rings (SSSR count). The van der Waals surface area contributed by atoms with Crippen molar-refractivity contribution in [2.45, 2.75) is 37.4 Å². The quantitative estimate of drug-likeness (QED) is 0.430. The summed E-state index contributed by atoms with van der Waals surface area (Å²) in [6, 6.07) is 16.3. The third-order valence-corrected chi connectivity index (χ3v) is 8.06. The van der Waals surface area contributed by atoms with Gasteiger partial charge >= 0.3 is 0 Å². The van der Waals surface area contributed by atoms with Gasteiger partial charge in [0, 0.05) is 43.6 Å². The number of carbonyl (C=O) groups is 1. The van der Waals surface area contributed by atoms with Gasteiger partial charge in [-0.2, -0.15) is 0 Å². The summed E-state index contributed by atoms with van der Waals surface area (Å²) < 4.78 is 34.7. The maximum Gasteiger partial charge on any atom is 0.261 e. The third-order valence-electron chi connectivity index (χ3n) is 6.66. The molecule has 2 N–H and O–H groups in total. The van der Waals surface area contributed by atoms with Crippen molar-refractivity contribution in [2.24, 2.45) is 5.92 Å². The van der Waals surface area contributed by atoms with Gasteiger partial charge in [-0.3, -0.25) is 19.4 Å². The van der Waals surface area contributed by atoms with Crippen molar-refractivity contribution in [1.82, 2.24) is 14.8 Å². The average Bonchev–Trinajstić information content (AvgIpc) is 2.91. The van der Waals surface area contributed by atoms with Crippen LogP contribution in [-0.4, -0.2) is 73.1 Å². The third kappa shape index (κ3) is 6.50. The zero-order valence-corrected chi connectivity index (χ0v) is 22.6. The number of anilines is 1. The van der Waals surface area contributed by atoms with Crippen molar-refractivity contribution in [3.63, 3.8) is 0 Å². The first-order valence-corrected chi connectivity index (χ1v) is 14.0. The van der Waals surface area contributed by atoms with E-state index in [1.54, 1.807) is 54.5 Å². The van der Waals surface area contributed by atoms with E-state index in [0.29, 0.717) is 25.4 Å². The normalized spacial score (nSPS) is 18.8. The van der Waals surface area contributed by atoms with Gasteiger partial charge in [-0.1, -0.05) is 25.1 Å². The highest BCUT2D eigenvalue weighted by molar-refractivity contribution is 7.92. The lowest BCUT2D eigenvalue weighted by molar-refractivity contribution is 0.0341. The molecule has 0 spiro atoms. The van der Waals surface area contributed by atoms with E-state index in [1.165, 1.54) is 18.2 Å². The minimum atomic E-state index is -3.84. The van der Waals surface area contributed by atoms with Crippen LogP contribution in [0.15, 0.2) is 78.0 Å². The van der Waals surface area contributed by atoms with Gasteiger partial charge in [0.05, 0.1) is 23.1 Å². The van der Waals surface area contributed by atoms with Crippen molar-refractivity contribution < 1.29 is 23.1 Å². The molecule has 1 aliphatic heterocycles. The van der Waals surface area contributed by atoms with Crippen LogP contribution >= 0.6 is 0 Å². The van der Waals surface area contributed by atoms with Crippen molar-refractivity contribution >= 4 is 21.6 Å². The van der Waals surface area contributed by atoms with Crippen molar-refractivity contribution in [2.75, 3.05) is 31.5 Å². The van der Waals surface area contributed by atoms with Crippen LogP contribution in [-0.2, 0) is 16.6 Å². The molecule has 2 heterocycles. The summed E-state index contributed by atoms with van der Waals surface area (Å²) in [4.78, 5) is 21.6. The van der Waals surface area contributed by atoms with Gasteiger partial charge in [-0.05, 0) is 62.0 Å². The largest absolute Gasteiger partial charge is 0.488 e. The van der Waals surface area contributed by atoms with Crippen LogP contribution in [0.2, 0.25) is 0 Å². The molecule has 10 heteroatoms. The van der Waals surface area contributed by atoms with Crippen molar-refractivity contribution in [3.8, 4) is 5.75 Å². The first-order valence-electron chi connectivity index (χ1n) is 12.6. The molecule has 0 unspecified atom stereocenters. The Labute approximate surface area is 224 Å². The number of benzene rings is 2. The standard InChI is InChI=1S/C28H34N4O5S/c1-20-16-32(21(2)19-33)28(34)25-15-23(30-38(35,36)24-7-5-4-6-8-24)9-10-26(25)37-27(20)18-31(3)17-22-11-13-29-14-12-22/h4-15,20-21,27,30,33H,16-19H2,1-3H3/t20-,21+,27+/m1/s1. The molecule has 0 radical (unpaired) electrons. The van der Waals surface area contributed by atoms with Crippen LogP contribution in [0.4, 0.5) is 5.69 Å². The van der Waals surface area contributed by atoms with Gasteiger partial charge in [0.15, 0.2) is 0 Å². The number of carbonyl (C=O) groups excluding carboxylic acids is 1. The fourth-order valence-electron chi connectivity index (χ4n) is 4.49. The molecular formula is C28H34N4O5S. The molecule has 1 amide bonds. The molecule has 3 atom stereocenters. The first kappa shape index (κ1) is 27.6. The number of likely N-dealkylation sites (N-methyl/N-ethyl adjacent to an activating group) is 1. The average molecular weight is 539 g/mol. The molecule has 9 nitrogen and oxygen atoms in total. The minimum absolute atomic E-state index is 0.0303. The summed E-state index contributed by atoms with van der Waals surface area (Å²) in [6.07, 6.45) is 3.27. The Morgan fingerprint density at radius 3 is 2.55 bits per heavy atom. The predicted molar refractivity (Wildman–Crippen MR) is 145 cm³/mol. The van der Waals surface area contributed by atoms with E-state index in [9.17, 15) is 18.3 Å². The number of amides is 1. The van der Waals surface area contributed by atoms with E-state index in [1.807, 2.05) is 26.1 Å². The highest BCUT2D eigenvalue weighted by Crippen LogP contribution is 2.31. The molecule has 0 fully saturated rings. The number of aliphatic hydroxyl groups is 1. The minimum Gasteiger partial charge on any atom is -0.488 e. The summed E-state index contributed by atoms with van der Waals surface area (Å²) in [5.74, 6) is 0.0247. The second kappa shape index (κ2) is 11.9. The van der Waals surface area contributed by atoms with Crippen LogP contribution < -0.4 is 9.46 Å². The molecule has 2 aromatic carbocycles. The Bertz CT molecular complexity index is 1340. The van der Waals surface area contributed by atoms with E-state index >= 15 is 0 Å². The van der Waals surface area contributed by atoms with Gasteiger partial charge in [0.1, 0.15) is 11.9 Å². The zero-order chi connectivity index (χ0) is 27.3. The highest BCUT2D eigenvalue weighted by atomic mass is 32.2. The number of fused-ring (bicyclic) bond motifs is 1. The molecule has 0 aliphatic carbocycles. The molecular weight excluding hydrogens is 504 g/mol. The van der Waals surface area contributed by atoms with Crippen LogP contribution in [0.3, 0.4) is 0 Å². The van der Waals surface area contributed by atoms with E-state index in [4.69, 9.17) is 4.74 Å². The van der Waals surface area contributed by atoms with Crippen LogP contribution in [0.5, 0.6) is 5.75 Å². The van der Waals surface area contributed by atoms with Gasteiger partial charge in [0.25, 0.3) is 15.9 Å². The number of ether oxygens (including phenoxy) is 1. The summed E-state index contributed by atoms with van der Waals surface area (Å²) in [5, 5.41) is 9.88. The van der Waals surface area contributed by atoms with Crippen LogP contribution in [0, 0.1) is 5.92 Å². The number of aliphatic hydroxyl groups excluding tert-OH is 1. The fraction of sp³-hybridized carbons (Fsp3) is 0.357. The Morgan fingerprint density at radius 2 is 1.87 bits per heavy atom. The Kier molecular flexibility index (Phi) is 8.65. The first-order chi connectivity index (χ1) is 18.2. The van der Waals surface area contributed by atoms with E-state index in [0.717, 1.165) is 5.56 Å². The van der Waals surface area contributed by atoms with Gasteiger partial charge < -0.3 is 14.7 Å². The van der Waals surface area contributed by atoms with Crippen molar-refractivity contribution in [1.29, 1.82) is 0 Å². The van der Waals surface area contributed by atoms with Crippen molar-refractivity contribution in [3.05, 3.63) is 84.2 Å². The number of pyridine rings is 1. The van der Waals surface area contributed by atoms with Crippen LogP contribution in [0.1, 0.15) is 29.8 Å². The van der Waals surface area contributed by atoms with E-state index in [2.05, 4.69) is 14.6 Å². The van der Waals surface area contributed by atoms with Gasteiger partial charge in [0.2, 0.25) is 0 Å². The summed E-state index contributed by atoms with van der Waals surface area (Å²) in [5.41, 5.74) is 1.62. The maximum atomic E-state index is 13.6. The Morgan fingerprint density at radius 1 is 1.16 bits per heavy atom. The molecule has 0 bridgehead atoms. The summed E-state index contributed by atoms with van der Waals surface area (Å²) in [7, 11) is -1.83. The topological polar surface area (TPSA) is 112 Å². The molecule has 3 aromatic rings. The molecule has 0 saturated carbocycles. The number of hydrogen-bond acceptors (Lipinski definition) is 7. The Hall–Kier alpha value is -3.47. The lowest BCUT2D eigenvalue weighted by Gasteiger charge is -2.38. The predicted octanol–water partition coefficient (Wildman–Crippen LogP) is 3.23. The molecule has 202 valence electrons. The maximum absolute atomic E-state index is 13.6. The monoisotopic (exact) mass is 538 g/mol. The second-order valence-electron chi connectivity index (χ2n) is 9.80. The van der Waals surface area contributed by atoms with Crippen LogP contribution in [0.25, 0.3) is 0 Å². The van der Waals surface area contributed by atoms with Gasteiger partial charge in [-0.15, -0.1) is 0 Å². The number of aromatic nitrogens is 1. The fourth-order valence-corrected chi connectivity index (χ4v) is 5.56.